The minimum absolute atomic E-state index is 0.0670. The zero-order chi connectivity index (χ0) is 13.8. The molecule has 2 aromatic carbocycles. The molecule has 2 rings (SSSR count). The van der Waals surface area contributed by atoms with Crippen molar-refractivity contribution in [2.75, 3.05) is 6.54 Å². The summed E-state index contributed by atoms with van der Waals surface area (Å²) >= 11 is 12.5. The molecule has 0 bridgehead atoms. The maximum absolute atomic E-state index is 6.35. The SMILES string of the molecule is CCNC(c1ccccc1C)c1cccc(Cl)c1Cl. The van der Waals surface area contributed by atoms with Gasteiger partial charge in [-0.25, -0.2) is 0 Å². The third kappa shape index (κ3) is 3.11. The van der Waals surface area contributed by atoms with E-state index in [-0.39, 0.29) is 6.04 Å². The third-order valence-corrected chi connectivity index (χ3v) is 4.03. The standard InChI is InChI=1S/C16H17Cl2N/c1-3-19-16(12-8-5-4-7-11(12)2)13-9-6-10-14(17)15(13)18/h4-10,16,19H,3H2,1-2H3. The summed E-state index contributed by atoms with van der Waals surface area (Å²) in [5, 5.41) is 4.70. The van der Waals surface area contributed by atoms with Crippen LogP contribution in [0.2, 0.25) is 10.0 Å². The van der Waals surface area contributed by atoms with E-state index in [4.69, 9.17) is 23.2 Å². The van der Waals surface area contributed by atoms with Crippen LogP contribution in [-0.4, -0.2) is 6.54 Å². The van der Waals surface area contributed by atoms with Gasteiger partial charge < -0.3 is 5.32 Å². The molecule has 0 amide bonds. The zero-order valence-corrected chi connectivity index (χ0v) is 12.6. The Hall–Kier alpha value is -1.02. The first-order chi connectivity index (χ1) is 9.15. The lowest BCUT2D eigenvalue weighted by atomic mass is 9.95. The van der Waals surface area contributed by atoms with Crippen LogP contribution in [0.3, 0.4) is 0 Å². The van der Waals surface area contributed by atoms with E-state index in [1.807, 2.05) is 30.3 Å². The second kappa shape index (κ2) is 6.42. The van der Waals surface area contributed by atoms with Crippen LogP contribution in [0.1, 0.15) is 29.7 Å². The van der Waals surface area contributed by atoms with Crippen LogP contribution < -0.4 is 5.32 Å². The highest BCUT2D eigenvalue weighted by molar-refractivity contribution is 6.42. The Morgan fingerprint density at radius 1 is 1.00 bits per heavy atom. The molecule has 2 aromatic rings. The van der Waals surface area contributed by atoms with E-state index < -0.39 is 0 Å². The molecule has 0 aliphatic heterocycles. The molecular formula is C16H17Cl2N. The molecule has 0 saturated carbocycles. The van der Waals surface area contributed by atoms with Gasteiger partial charge in [-0.2, -0.15) is 0 Å². The van der Waals surface area contributed by atoms with E-state index in [0.29, 0.717) is 10.0 Å². The van der Waals surface area contributed by atoms with Crippen molar-refractivity contribution >= 4 is 23.2 Å². The van der Waals surface area contributed by atoms with Crippen LogP contribution in [0, 0.1) is 6.92 Å². The fourth-order valence-corrected chi connectivity index (χ4v) is 2.66. The van der Waals surface area contributed by atoms with E-state index in [1.165, 1.54) is 11.1 Å². The number of hydrogen-bond acceptors (Lipinski definition) is 1. The Labute approximate surface area is 124 Å². The molecule has 1 unspecified atom stereocenters. The summed E-state index contributed by atoms with van der Waals surface area (Å²) in [5.41, 5.74) is 3.49. The van der Waals surface area contributed by atoms with Gasteiger partial charge in [0.1, 0.15) is 0 Å². The fourth-order valence-electron chi connectivity index (χ4n) is 2.25. The Balaban J connectivity index is 2.52. The Kier molecular flexibility index (Phi) is 4.87. The molecule has 1 atom stereocenters. The fraction of sp³-hybridized carbons (Fsp3) is 0.250. The van der Waals surface area contributed by atoms with Gasteiger partial charge in [-0.15, -0.1) is 0 Å². The molecule has 1 nitrogen and oxygen atoms in total. The number of benzene rings is 2. The van der Waals surface area contributed by atoms with Gasteiger partial charge in [0.15, 0.2) is 0 Å². The average molecular weight is 294 g/mol. The normalized spacial score (nSPS) is 12.4. The molecule has 100 valence electrons. The van der Waals surface area contributed by atoms with Crippen molar-refractivity contribution in [1.29, 1.82) is 0 Å². The predicted molar refractivity (Wildman–Crippen MR) is 83.2 cm³/mol. The van der Waals surface area contributed by atoms with E-state index in [2.05, 4.69) is 31.3 Å². The lowest BCUT2D eigenvalue weighted by molar-refractivity contribution is 0.628. The van der Waals surface area contributed by atoms with Crippen molar-refractivity contribution in [1.82, 2.24) is 5.32 Å². The van der Waals surface area contributed by atoms with Crippen LogP contribution in [0.25, 0.3) is 0 Å². The van der Waals surface area contributed by atoms with E-state index in [0.717, 1.165) is 12.1 Å². The summed E-state index contributed by atoms with van der Waals surface area (Å²) < 4.78 is 0. The van der Waals surface area contributed by atoms with Gasteiger partial charge in [0.2, 0.25) is 0 Å². The molecule has 0 aromatic heterocycles. The van der Waals surface area contributed by atoms with Crippen molar-refractivity contribution < 1.29 is 0 Å². The highest BCUT2D eigenvalue weighted by atomic mass is 35.5. The third-order valence-electron chi connectivity index (χ3n) is 3.20. The van der Waals surface area contributed by atoms with E-state index >= 15 is 0 Å². The molecule has 0 aliphatic carbocycles. The quantitative estimate of drug-likeness (QED) is 0.836. The first-order valence-corrected chi connectivity index (χ1v) is 7.13. The number of rotatable bonds is 4. The lowest BCUT2D eigenvalue weighted by Gasteiger charge is -2.22. The number of aryl methyl sites for hydroxylation is 1. The molecule has 0 aliphatic rings. The van der Waals surface area contributed by atoms with E-state index in [1.54, 1.807) is 0 Å². The molecule has 0 heterocycles. The minimum atomic E-state index is 0.0670. The number of halogens is 2. The van der Waals surface area contributed by atoms with Crippen LogP contribution in [0.4, 0.5) is 0 Å². The van der Waals surface area contributed by atoms with Crippen molar-refractivity contribution in [3.63, 3.8) is 0 Å². The van der Waals surface area contributed by atoms with Crippen LogP contribution in [0.15, 0.2) is 42.5 Å². The summed E-state index contributed by atoms with van der Waals surface area (Å²) in [6.45, 7) is 5.06. The second-order valence-electron chi connectivity index (χ2n) is 4.49. The zero-order valence-electron chi connectivity index (χ0n) is 11.1. The predicted octanol–water partition coefficient (Wildman–Crippen LogP) is 5.00. The van der Waals surface area contributed by atoms with Crippen molar-refractivity contribution in [3.05, 3.63) is 69.2 Å². The summed E-state index contributed by atoms with van der Waals surface area (Å²) in [6.07, 6.45) is 0. The molecule has 0 spiro atoms. The number of nitrogens with one attached hydrogen (secondary N) is 1. The smallest absolute Gasteiger partial charge is 0.0643 e. The molecule has 0 fully saturated rings. The van der Waals surface area contributed by atoms with E-state index in [9.17, 15) is 0 Å². The Morgan fingerprint density at radius 3 is 2.37 bits per heavy atom. The Morgan fingerprint density at radius 2 is 1.68 bits per heavy atom. The largest absolute Gasteiger partial charge is 0.306 e. The van der Waals surface area contributed by atoms with Gasteiger partial charge in [0, 0.05) is 0 Å². The van der Waals surface area contributed by atoms with Crippen LogP contribution in [-0.2, 0) is 0 Å². The first kappa shape index (κ1) is 14.4. The van der Waals surface area contributed by atoms with Crippen LogP contribution in [0.5, 0.6) is 0 Å². The van der Waals surface area contributed by atoms with Gasteiger partial charge in [-0.3, -0.25) is 0 Å². The summed E-state index contributed by atoms with van der Waals surface area (Å²) in [4.78, 5) is 0. The summed E-state index contributed by atoms with van der Waals surface area (Å²) in [7, 11) is 0. The van der Waals surface area contributed by atoms with Crippen molar-refractivity contribution in [3.8, 4) is 0 Å². The Bertz CT molecular complexity index is 566. The lowest BCUT2D eigenvalue weighted by Crippen LogP contribution is -2.23. The highest BCUT2D eigenvalue weighted by Gasteiger charge is 2.18. The molecule has 1 N–H and O–H groups in total. The van der Waals surface area contributed by atoms with Crippen molar-refractivity contribution in [2.24, 2.45) is 0 Å². The summed E-state index contributed by atoms with van der Waals surface area (Å²) in [5.74, 6) is 0. The van der Waals surface area contributed by atoms with Crippen molar-refractivity contribution in [2.45, 2.75) is 19.9 Å². The van der Waals surface area contributed by atoms with Gasteiger partial charge in [0.25, 0.3) is 0 Å². The number of hydrogen-bond donors (Lipinski definition) is 1. The highest BCUT2D eigenvalue weighted by Crippen LogP contribution is 2.34. The molecule has 0 saturated heterocycles. The van der Waals surface area contributed by atoms with Gasteiger partial charge in [-0.05, 0) is 36.2 Å². The molecule has 0 radical (unpaired) electrons. The maximum atomic E-state index is 6.35. The maximum Gasteiger partial charge on any atom is 0.0643 e. The average Bonchev–Trinajstić information content (AvgIpc) is 2.41. The second-order valence-corrected chi connectivity index (χ2v) is 5.28. The molecule has 3 heteroatoms. The molecular weight excluding hydrogens is 277 g/mol. The topological polar surface area (TPSA) is 12.0 Å². The monoisotopic (exact) mass is 293 g/mol. The van der Waals surface area contributed by atoms with Gasteiger partial charge in [-0.1, -0.05) is 66.5 Å². The van der Waals surface area contributed by atoms with Crippen LogP contribution >= 0.6 is 23.2 Å². The first-order valence-electron chi connectivity index (χ1n) is 6.38. The molecule has 19 heavy (non-hydrogen) atoms. The minimum Gasteiger partial charge on any atom is -0.306 e. The van der Waals surface area contributed by atoms with Gasteiger partial charge >= 0.3 is 0 Å². The summed E-state index contributed by atoms with van der Waals surface area (Å²) in [6, 6.07) is 14.2. The van der Waals surface area contributed by atoms with Gasteiger partial charge in [0.05, 0.1) is 16.1 Å².